The number of hydrogen-bond acceptors (Lipinski definition) is 5. The van der Waals surface area contributed by atoms with Crippen LogP contribution in [0.1, 0.15) is 27.7 Å². The van der Waals surface area contributed by atoms with Gasteiger partial charge in [0.2, 0.25) is 0 Å². The van der Waals surface area contributed by atoms with Gasteiger partial charge in [0, 0.05) is 5.69 Å². The Labute approximate surface area is 144 Å². The molecule has 1 atom stereocenters. The molecule has 1 aromatic heterocycles. The number of nitriles is 1. The largest absolute Gasteiger partial charge is 0.386 e. The third-order valence-corrected chi connectivity index (χ3v) is 3.57. The summed E-state index contributed by atoms with van der Waals surface area (Å²) in [5.41, 5.74) is 1.84. The van der Waals surface area contributed by atoms with E-state index < -0.39 is 12.0 Å². The average molecular weight is 333 g/mol. The molecule has 2 aromatic carbocycles. The van der Waals surface area contributed by atoms with Crippen molar-refractivity contribution >= 4 is 11.6 Å². The number of aliphatic hydroxyl groups is 1. The Balaban J connectivity index is 1.66. The summed E-state index contributed by atoms with van der Waals surface area (Å²) >= 11 is 0. The standard InChI is InChI=1S/C18H15N5O2/c19-10-13-5-4-8-15(9-13)20-18(25)16-11-23(22-21-16)12-17(24)14-6-2-1-3-7-14/h1-9,11,17,24H,12H2,(H,20,25)/t17-/m1/s1. The summed E-state index contributed by atoms with van der Waals surface area (Å²) in [7, 11) is 0. The molecule has 0 aliphatic rings. The van der Waals surface area contributed by atoms with Crippen LogP contribution in [0, 0.1) is 11.3 Å². The van der Waals surface area contributed by atoms with Crippen LogP contribution >= 0.6 is 0 Å². The summed E-state index contributed by atoms with van der Waals surface area (Å²) in [6, 6.07) is 17.8. The number of nitrogens with one attached hydrogen (secondary N) is 1. The van der Waals surface area contributed by atoms with E-state index in [2.05, 4.69) is 15.6 Å². The number of carbonyl (C=O) groups is 1. The number of hydrogen-bond donors (Lipinski definition) is 2. The molecular formula is C18H15N5O2. The van der Waals surface area contributed by atoms with Crippen LogP contribution < -0.4 is 5.32 Å². The first kappa shape index (κ1) is 16.4. The SMILES string of the molecule is N#Cc1cccc(NC(=O)c2cn(C[C@@H](O)c3ccccc3)nn2)c1. The van der Waals surface area contributed by atoms with Crippen molar-refractivity contribution in [3.8, 4) is 6.07 Å². The summed E-state index contributed by atoms with van der Waals surface area (Å²) in [5.74, 6) is -0.435. The van der Waals surface area contributed by atoms with Gasteiger partial charge in [0.15, 0.2) is 5.69 Å². The highest BCUT2D eigenvalue weighted by Crippen LogP contribution is 2.14. The lowest BCUT2D eigenvalue weighted by Gasteiger charge is -2.09. The Morgan fingerprint density at radius 2 is 2.04 bits per heavy atom. The molecule has 0 saturated heterocycles. The Morgan fingerprint density at radius 1 is 1.24 bits per heavy atom. The summed E-state index contributed by atoms with van der Waals surface area (Å²) in [6.45, 7) is 0.189. The number of carbonyl (C=O) groups excluding carboxylic acids is 1. The van der Waals surface area contributed by atoms with Crippen LogP contribution in [-0.2, 0) is 6.54 Å². The van der Waals surface area contributed by atoms with Crippen molar-refractivity contribution in [1.82, 2.24) is 15.0 Å². The van der Waals surface area contributed by atoms with E-state index in [1.807, 2.05) is 36.4 Å². The topological polar surface area (TPSA) is 104 Å². The molecule has 1 amide bonds. The lowest BCUT2D eigenvalue weighted by atomic mass is 10.1. The fourth-order valence-electron chi connectivity index (χ4n) is 2.31. The van der Waals surface area contributed by atoms with Crippen molar-refractivity contribution in [2.45, 2.75) is 12.6 Å². The minimum Gasteiger partial charge on any atom is -0.386 e. The van der Waals surface area contributed by atoms with Gasteiger partial charge in [-0.05, 0) is 23.8 Å². The fraction of sp³-hybridized carbons (Fsp3) is 0.111. The van der Waals surface area contributed by atoms with Gasteiger partial charge in [0.25, 0.3) is 5.91 Å². The van der Waals surface area contributed by atoms with E-state index in [0.29, 0.717) is 11.3 Å². The molecule has 0 spiro atoms. The molecule has 0 aliphatic heterocycles. The van der Waals surface area contributed by atoms with E-state index >= 15 is 0 Å². The molecule has 3 aromatic rings. The van der Waals surface area contributed by atoms with Crippen molar-refractivity contribution in [2.75, 3.05) is 5.32 Å². The van der Waals surface area contributed by atoms with Gasteiger partial charge in [0.1, 0.15) is 0 Å². The second kappa shape index (κ2) is 7.38. The summed E-state index contributed by atoms with van der Waals surface area (Å²) in [4.78, 5) is 12.2. The Hall–Kier alpha value is -3.50. The Bertz CT molecular complexity index is 914. The number of benzene rings is 2. The van der Waals surface area contributed by atoms with Crippen LogP contribution in [0.2, 0.25) is 0 Å². The molecule has 1 heterocycles. The maximum atomic E-state index is 12.2. The first-order valence-electron chi connectivity index (χ1n) is 7.60. The number of rotatable bonds is 5. The second-order valence-corrected chi connectivity index (χ2v) is 5.40. The van der Waals surface area contributed by atoms with Crippen molar-refractivity contribution < 1.29 is 9.90 Å². The van der Waals surface area contributed by atoms with Crippen molar-refractivity contribution in [3.05, 3.63) is 77.6 Å². The average Bonchev–Trinajstić information content (AvgIpc) is 3.11. The van der Waals surface area contributed by atoms with Gasteiger partial charge < -0.3 is 10.4 Å². The van der Waals surface area contributed by atoms with Crippen LogP contribution in [0.3, 0.4) is 0 Å². The van der Waals surface area contributed by atoms with Gasteiger partial charge in [-0.1, -0.05) is 41.6 Å². The van der Waals surface area contributed by atoms with Crippen molar-refractivity contribution in [3.63, 3.8) is 0 Å². The molecule has 0 bridgehead atoms. The van der Waals surface area contributed by atoms with Crippen LogP contribution in [0.4, 0.5) is 5.69 Å². The van der Waals surface area contributed by atoms with Gasteiger partial charge in [-0.3, -0.25) is 4.79 Å². The van der Waals surface area contributed by atoms with Gasteiger partial charge in [-0.2, -0.15) is 5.26 Å². The molecule has 2 N–H and O–H groups in total. The number of nitrogens with zero attached hydrogens (tertiary/aromatic N) is 4. The monoisotopic (exact) mass is 333 g/mol. The molecule has 0 aliphatic carbocycles. The quantitative estimate of drug-likeness (QED) is 0.744. The number of aliphatic hydroxyl groups excluding tert-OH is 1. The Morgan fingerprint density at radius 3 is 2.80 bits per heavy atom. The summed E-state index contributed by atoms with van der Waals surface area (Å²) < 4.78 is 1.41. The van der Waals surface area contributed by atoms with Gasteiger partial charge in [-0.15, -0.1) is 5.10 Å². The zero-order valence-electron chi connectivity index (χ0n) is 13.2. The van der Waals surface area contributed by atoms with Crippen LogP contribution in [0.25, 0.3) is 0 Å². The molecule has 0 unspecified atom stereocenters. The molecule has 0 saturated carbocycles. The van der Waals surface area contributed by atoms with Gasteiger partial charge in [0.05, 0.1) is 30.5 Å². The van der Waals surface area contributed by atoms with Crippen molar-refractivity contribution in [2.24, 2.45) is 0 Å². The molecular weight excluding hydrogens is 318 g/mol. The molecule has 25 heavy (non-hydrogen) atoms. The zero-order chi connectivity index (χ0) is 17.6. The molecule has 7 heteroatoms. The highest BCUT2D eigenvalue weighted by atomic mass is 16.3. The highest BCUT2D eigenvalue weighted by Gasteiger charge is 2.14. The smallest absolute Gasteiger partial charge is 0.277 e. The van der Waals surface area contributed by atoms with Crippen LogP contribution in [-0.4, -0.2) is 26.0 Å². The predicted octanol–water partition coefficient (Wildman–Crippen LogP) is 2.14. The van der Waals surface area contributed by atoms with Crippen LogP contribution in [0.15, 0.2) is 60.8 Å². The van der Waals surface area contributed by atoms with Gasteiger partial charge >= 0.3 is 0 Å². The van der Waals surface area contributed by atoms with E-state index in [9.17, 15) is 9.90 Å². The normalized spacial score (nSPS) is 11.5. The number of amides is 1. The first-order valence-corrected chi connectivity index (χ1v) is 7.60. The highest BCUT2D eigenvalue weighted by molar-refractivity contribution is 6.02. The number of aromatic nitrogens is 3. The van der Waals surface area contributed by atoms with E-state index in [-0.39, 0.29) is 12.2 Å². The first-order chi connectivity index (χ1) is 12.2. The van der Waals surface area contributed by atoms with Crippen molar-refractivity contribution in [1.29, 1.82) is 5.26 Å². The maximum absolute atomic E-state index is 12.2. The molecule has 3 rings (SSSR count). The van der Waals surface area contributed by atoms with Gasteiger partial charge in [-0.25, -0.2) is 4.68 Å². The van der Waals surface area contributed by atoms with E-state index in [1.54, 1.807) is 24.3 Å². The third-order valence-electron chi connectivity index (χ3n) is 3.57. The predicted molar refractivity (Wildman–Crippen MR) is 90.5 cm³/mol. The lowest BCUT2D eigenvalue weighted by molar-refractivity contribution is 0.102. The van der Waals surface area contributed by atoms with E-state index in [4.69, 9.17) is 5.26 Å². The molecule has 0 radical (unpaired) electrons. The molecule has 7 nitrogen and oxygen atoms in total. The fourth-order valence-corrected chi connectivity index (χ4v) is 2.31. The minimum atomic E-state index is -0.744. The zero-order valence-corrected chi connectivity index (χ0v) is 13.2. The van der Waals surface area contributed by atoms with E-state index in [1.165, 1.54) is 10.9 Å². The maximum Gasteiger partial charge on any atom is 0.277 e. The molecule has 0 fully saturated rings. The third kappa shape index (κ3) is 4.07. The Kier molecular flexibility index (Phi) is 4.83. The summed E-state index contributed by atoms with van der Waals surface area (Å²) in [5, 5.41) is 29.4. The second-order valence-electron chi connectivity index (χ2n) is 5.40. The number of anilines is 1. The summed E-state index contributed by atoms with van der Waals surface area (Å²) in [6.07, 6.45) is 0.724. The molecule has 124 valence electrons. The van der Waals surface area contributed by atoms with E-state index in [0.717, 1.165) is 5.56 Å². The van der Waals surface area contributed by atoms with Crippen LogP contribution in [0.5, 0.6) is 0 Å². The minimum absolute atomic E-state index is 0.127. The lowest BCUT2D eigenvalue weighted by Crippen LogP contribution is -2.12.